The molecule has 1 atom stereocenters. The lowest BCUT2D eigenvalue weighted by atomic mass is 10.1. The summed E-state index contributed by atoms with van der Waals surface area (Å²) in [6.45, 7) is 0.349. The van der Waals surface area contributed by atoms with Crippen LogP contribution in [-0.2, 0) is 17.8 Å². The first-order chi connectivity index (χ1) is 10.7. The van der Waals surface area contributed by atoms with Crippen LogP contribution >= 0.6 is 0 Å². The SMILES string of the molecule is COc1cc(CNC(=O)[C@@H]2Cc3cc(F)ccc3O2)ccn1. The molecule has 1 aromatic heterocycles. The fourth-order valence-electron chi connectivity index (χ4n) is 2.34. The number of nitrogens with one attached hydrogen (secondary N) is 1. The minimum Gasteiger partial charge on any atom is -0.481 e. The number of carbonyl (C=O) groups excluding carboxylic acids is 1. The molecule has 0 saturated carbocycles. The molecule has 1 N–H and O–H groups in total. The third-order valence-electron chi connectivity index (χ3n) is 3.46. The molecule has 1 aliphatic rings. The van der Waals surface area contributed by atoms with Gasteiger partial charge in [0.2, 0.25) is 5.88 Å². The number of halogens is 1. The van der Waals surface area contributed by atoms with E-state index in [1.807, 2.05) is 0 Å². The molecular weight excluding hydrogens is 287 g/mol. The third-order valence-corrected chi connectivity index (χ3v) is 3.46. The maximum Gasteiger partial charge on any atom is 0.261 e. The van der Waals surface area contributed by atoms with E-state index in [0.29, 0.717) is 30.2 Å². The second-order valence-corrected chi connectivity index (χ2v) is 4.99. The van der Waals surface area contributed by atoms with Gasteiger partial charge in [0.25, 0.3) is 5.91 Å². The summed E-state index contributed by atoms with van der Waals surface area (Å²) in [5.41, 5.74) is 1.59. The summed E-state index contributed by atoms with van der Waals surface area (Å²) >= 11 is 0. The van der Waals surface area contributed by atoms with Crippen LogP contribution < -0.4 is 14.8 Å². The molecule has 22 heavy (non-hydrogen) atoms. The molecule has 2 heterocycles. The van der Waals surface area contributed by atoms with Crippen molar-refractivity contribution in [3.8, 4) is 11.6 Å². The molecule has 0 bridgehead atoms. The van der Waals surface area contributed by atoms with Gasteiger partial charge in [-0.05, 0) is 29.8 Å². The number of nitrogens with zero attached hydrogens (tertiary/aromatic N) is 1. The maximum atomic E-state index is 13.2. The highest BCUT2D eigenvalue weighted by molar-refractivity contribution is 5.82. The average Bonchev–Trinajstić information content (AvgIpc) is 2.96. The number of hydrogen-bond donors (Lipinski definition) is 1. The Hall–Kier alpha value is -2.63. The Labute approximate surface area is 127 Å². The first kappa shape index (κ1) is 14.3. The van der Waals surface area contributed by atoms with Crippen molar-refractivity contribution >= 4 is 5.91 Å². The zero-order valence-electron chi connectivity index (χ0n) is 12.0. The summed E-state index contributed by atoms with van der Waals surface area (Å²) in [7, 11) is 1.54. The molecule has 0 radical (unpaired) electrons. The number of hydrogen-bond acceptors (Lipinski definition) is 4. The quantitative estimate of drug-likeness (QED) is 0.936. The van der Waals surface area contributed by atoms with E-state index in [1.165, 1.54) is 19.2 Å². The molecule has 3 rings (SSSR count). The summed E-state index contributed by atoms with van der Waals surface area (Å²) in [5, 5.41) is 2.80. The van der Waals surface area contributed by atoms with Crippen molar-refractivity contribution in [3.05, 3.63) is 53.5 Å². The molecule has 0 spiro atoms. The lowest BCUT2D eigenvalue weighted by molar-refractivity contribution is -0.127. The highest BCUT2D eigenvalue weighted by Crippen LogP contribution is 2.29. The largest absolute Gasteiger partial charge is 0.481 e. The van der Waals surface area contributed by atoms with Crippen LogP contribution in [0.2, 0.25) is 0 Å². The number of rotatable bonds is 4. The van der Waals surface area contributed by atoms with Gasteiger partial charge in [-0.3, -0.25) is 4.79 Å². The summed E-state index contributed by atoms with van der Waals surface area (Å²) in [6.07, 6.45) is 1.37. The molecule has 0 unspecified atom stereocenters. The molecule has 6 heteroatoms. The van der Waals surface area contributed by atoms with Crippen molar-refractivity contribution in [1.29, 1.82) is 0 Å². The van der Waals surface area contributed by atoms with Gasteiger partial charge in [0, 0.05) is 30.8 Å². The summed E-state index contributed by atoms with van der Waals surface area (Å²) in [5.74, 6) is 0.499. The Morgan fingerprint density at radius 1 is 1.45 bits per heavy atom. The van der Waals surface area contributed by atoms with E-state index in [2.05, 4.69) is 10.3 Å². The number of aromatic nitrogens is 1. The molecule has 0 aliphatic carbocycles. The van der Waals surface area contributed by atoms with Crippen LogP contribution in [0.3, 0.4) is 0 Å². The lowest BCUT2D eigenvalue weighted by Gasteiger charge is -2.11. The Balaban J connectivity index is 1.59. The average molecular weight is 302 g/mol. The zero-order chi connectivity index (χ0) is 15.5. The van der Waals surface area contributed by atoms with E-state index in [1.54, 1.807) is 24.4 Å². The predicted octanol–water partition coefficient (Wildman–Crippen LogP) is 1.85. The minimum absolute atomic E-state index is 0.229. The molecule has 2 aromatic rings. The monoisotopic (exact) mass is 302 g/mol. The van der Waals surface area contributed by atoms with Crippen LogP contribution in [-0.4, -0.2) is 24.1 Å². The van der Waals surface area contributed by atoms with Gasteiger partial charge in [-0.2, -0.15) is 0 Å². The van der Waals surface area contributed by atoms with Crippen LogP contribution in [0, 0.1) is 5.82 Å². The van der Waals surface area contributed by atoms with Crippen LogP contribution in [0.15, 0.2) is 36.5 Å². The van der Waals surface area contributed by atoms with Gasteiger partial charge >= 0.3 is 0 Å². The van der Waals surface area contributed by atoms with E-state index in [-0.39, 0.29) is 11.7 Å². The summed E-state index contributed by atoms with van der Waals surface area (Å²) in [4.78, 5) is 16.2. The molecule has 1 aromatic carbocycles. The number of amides is 1. The number of benzene rings is 1. The molecule has 1 aliphatic heterocycles. The number of ether oxygens (including phenoxy) is 2. The van der Waals surface area contributed by atoms with Gasteiger partial charge in [-0.25, -0.2) is 9.37 Å². The lowest BCUT2D eigenvalue weighted by Crippen LogP contribution is -2.37. The number of fused-ring (bicyclic) bond motifs is 1. The van der Waals surface area contributed by atoms with Gasteiger partial charge in [0.05, 0.1) is 7.11 Å². The molecule has 114 valence electrons. The molecule has 0 saturated heterocycles. The third kappa shape index (κ3) is 3.00. The van der Waals surface area contributed by atoms with Crippen molar-refractivity contribution in [1.82, 2.24) is 10.3 Å². The fourth-order valence-corrected chi connectivity index (χ4v) is 2.34. The van der Waals surface area contributed by atoms with Crippen LogP contribution in [0.5, 0.6) is 11.6 Å². The first-order valence-corrected chi connectivity index (χ1v) is 6.87. The van der Waals surface area contributed by atoms with E-state index >= 15 is 0 Å². The van der Waals surface area contributed by atoms with E-state index in [9.17, 15) is 9.18 Å². The van der Waals surface area contributed by atoms with Crippen molar-refractivity contribution in [2.75, 3.05) is 7.11 Å². The highest BCUT2D eigenvalue weighted by atomic mass is 19.1. The smallest absolute Gasteiger partial charge is 0.261 e. The standard InChI is InChI=1S/C16H15FN2O3/c1-21-15-6-10(4-5-18-15)9-19-16(20)14-8-11-7-12(17)2-3-13(11)22-14/h2-7,14H,8-9H2,1H3,(H,19,20)/t14-/m0/s1. The van der Waals surface area contributed by atoms with Gasteiger partial charge in [-0.1, -0.05) is 0 Å². The topological polar surface area (TPSA) is 60.5 Å². The van der Waals surface area contributed by atoms with E-state index in [0.717, 1.165) is 5.56 Å². The normalized spacial score (nSPS) is 15.8. The second-order valence-electron chi connectivity index (χ2n) is 4.99. The van der Waals surface area contributed by atoms with Crippen LogP contribution in [0.1, 0.15) is 11.1 Å². The number of methoxy groups -OCH3 is 1. The van der Waals surface area contributed by atoms with Crippen molar-refractivity contribution < 1.29 is 18.7 Å². The molecular formula is C16H15FN2O3. The fraction of sp³-hybridized carbons (Fsp3) is 0.250. The van der Waals surface area contributed by atoms with Crippen LogP contribution in [0.4, 0.5) is 4.39 Å². The van der Waals surface area contributed by atoms with Gasteiger partial charge < -0.3 is 14.8 Å². The Kier molecular flexibility index (Phi) is 3.91. The van der Waals surface area contributed by atoms with Crippen molar-refractivity contribution in [3.63, 3.8) is 0 Å². The van der Waals surface area contributed by atoms with Gasteiger partial charge in [0.15, 0.2) is 6.10 Å². The summed E-state index contributed by atoms with van der Waals surface area (Å²) in [6, 6.07) is 7.81. The Morgan fingerprint density at radius 2 is 2.32 bits per heavy atom. The summed E-state index contributed by atoms with van der Waals surface area (Å²) < 4.78 is 23.7. The highest BCUT2D eigenvalue weighted by Gasteiger charge is 2.29. The zero-order valence-corrected chi connectivity index (χ0v) is 12.0. The van der Waals surface area contributed by atoms with Gasteiger partial charge in [0.1, 0.15) is 11.6 Å². The van der Waals surface area contributed by atoms with Gasteiger partial charge in [-0.15, -0.1) is 0 Å². The van der Waals surface area contributed by atoms with Crippen LogP contribution in [0.25, 0.3) is 0 Å². The van der Waals surface area contributed by atoms with Crippen molar-refractivity contribution in [2.24, 2.45) is 0 Å². The molecule has 5 nitrogen and oxygen atoms in total. The predicted molar refractivity (Wildman–Crippen MR) is 77.2 cm³/mol. The minimum atomic E-state index is -0.625. The molecule has 1 amide bonds. The van der Waals surface area contributed by atoms with Crippen molar-refractivity contribution in [2.45, 2.75) is 19.1 Å². The second kappa shape index (κ2) is 6.01. The molecule has 0 fully saturated rings. The maximum absolute atomic E-state index is 13.2. The van der Waals surface area contributed by atoms with E-state index < -0.39 is 6.10 Å². The van der Waals surface area contributed by atoms with E-state index in [4.69, 9.17) is 9.47 Å². The first-order valence-electron chi connectivity index (χ1n) is 6.87. The number of pyridine rings is 1. The Bertz CT molecular complexity index is 706. The number of carbonyl (C=O) groups is 1. The Morgan fingerprint density at radius 3 is 3.14 bits per heavy atom.